The molecule has 26 heavy (non-hydrogen) atoms. The van der Waals surface area contributed by atoms with Crippen LogP contribution in [0.5, 0.6) is 0 Å². The van der Waals surface area contributed by atoms with Gasteiger partial charge in [0.1, 0.15) is 0 Å². The number of sulfonamides is 1. The van der Waals surface area contributed by atoms with Gasteiger partial charge >= 0.3 is 0 Å². The van der Waals surface area contributed by atoms with Crippen LogP contribution in [0.2, 0.25) is 0 Å². The van der Waals surface area contributed by atoms with Crippen molar-refractivity contribution in [2.24, 2.45) is 0 Å². The van der Waals surface area contributed by atoms with E-state index in [1.54, 1.807) is 18.2 Å². The van der Waals surface area contributed by atoms with Gasteiger partial charge in [-0.25, -0.2) is 8.42 Å². The Morgan fingerprint density at radius 1 is 1.08 bits per heavy atom. The van der Waals surface area contributed by atoms with Crippen LogP contribution in [0.4, 0.5) is 0 Å². The number of aryl methyl sites for hydroxylation is 1. The Morgan fingerprint density at radius 3 is 2.46 bits per heavy atom. The standard InChI is InChI=1S/C20H24N2O3S/c1-15-8-3-4-11-19(15)16(2)21-20(23)17-9-7-10-18(14-17)26(24,25)22-12-5-6-13-22/h3-4,7-11,14,16H,5-6,12-13H2,1-2H3,(H,21,23). The average Bonchev–Trinajstić information content (AvgIpc) is 3.17. The van der Waals surface area contributed by atoms with Crippen molar-refractivity contribution in [1.82, 2.24) is 9.62 Å². The molecule has 0 aliphatic carbocycles. The summed E-state index contributed by atoms with van der Waals surface area (Å²) in [5.41, 5.74) is 2.50. The number of nitrogens with zero attached hydrogens (tertiary/aromatic N) is 1. The van der Waals surface area contributed by atoms with Crippen molar-refractivity contribution in [3.8, 4) is 0 Å². The third kappa shape index (κ3) is 3.81. The maximum Gasteiger partial charge on any atom is 0.251 e. The third-order valence-corrected chi connectivity index (χ3v) is 6.70. The van der Waals surface area contributed by atoms with Crippen LogP contribution < -0.4 is 5.32 Å². The summed E-state index contributed by atoms with van der Waals surface area (Å²) in [4.78, 5) is 12.8. The highest BCUT2D eigenvalue weighted by Crippen LogP contribution is 2.22. The van der Waals surface area contributed by atoms with E-state index in [0.717, 1.165) is 24.0 Å². The Hall–Kier alpha value is -2.18. The van der Waals surface area contributed by atoms with Crippen molar-refractivity contribution < 1.29 is 13.2 Å². The topological polar surface area (TPSA) is 66.5 Å². The number of benzene rings is 2. The van der Waals surface area contributed by atoms with Crippen LogP contribution in [0, 0.1) is 6.92 Å². The number of hydrogen-bond donors (Lipinski definition) is 1. The Morgan fingerprint density at radius 2 is 1.77 bits per heavy atom. The van der Waals surface area contributed by atoms with E-state index in [-0.39, 0.29) is 16.8 Å². The second-order valence-corrected chi connectivity index (χ2v) is 8.63. The molecule has 6 heteroatoms. The van der Waals surface area contributed by atoms with Crippen molar-refractivity contribution in [1.29, 1.82) is 0 Å². The molecule has 0 saturated carbocycles. The minimum absolute atomic E-state index is 0.164. The van der Waals surface area contributed by atoms with E-state index in [1.807, 2.05) is 38.1 Å². The zero-order valence-corrected chi connectivity index (χ0v) is 15.9. The molecule has 1 heterocycles. The molecule has 0 spiro atoms. The largest absolute Gasteiger partial charge is 0.346 e. The first-order valence-electron chi connectivity index (χ1n) is 8.86. The zero-order valence-electron chi connectivity index (χ0n) is 15.1. The van der Waals surface area contributed by atoms with E-state index < -0.39 is 10.0 Å². The highest BCUT2D eigenvalue weighted by atomic mass is 32.2. The van der Waals surface area contributed by atoms with Gasteiger partial charge in [-0.3, -0.25) is 4.79 Å². The Kier molecular flexibility index (Phi) is 5.44. The van der Waals surface area contributed by atoms with Crippen LogP contribution >= 0.6 is 0 Å². The molecule has 1 N–H and O–H groups in total. The lowest BCUT2D eigenvalue weighted by Gasteiger charge is -2.18. The van der Waals surface area contributed by atoms with Gasteiger partial charge in [0.05, 0.1) is 10.9 Å². The molecule has 1 saturated heterocycles. The number of hydrogen-bond acceptors (Lipinski definition) is 3. The summed E-state index contributed by atoms with van der Waals surface area (Å²) in [5.74, 6) is -0.278. The summed E-state index contributed by atoms with van der Waals surface area (Å²) in [6.45, 7) is 5.01. The van der Waals surface area contributed by atoms with E-state index in [1.165, 1.54) is 10.4 Å². The first-order chi connectivity index (χ1) is 12.4. The maximum absolute atomic E-state index is 12.7. The molecule has 1 amide bonds. The van der Waals surface area contributed by atoms with Gasteiger partial charge in [0.15, 0.2) is 0 Å². The molecule has 0 aromatic heterocycles. The van der Waals surface area contributed by atoms with E-state index in [4.69, 9.17) is 0 Å². The molecule has 5 nitrogen and oxygen atoms in total. The summed E-state index contributed by atoms with van der Waals surface area (Å²) in [6.07, 6.45) is 1.76. The molecule has 0 bridgehead atoms. The second kappa shape index (κ2) is 7.60. The molecule has 2 aromatic rings. The van der Waals surface area contributed by atoms with Crippen molar-refractivity contribution in [2.75, 3.05) is 13.1 Å². The summed E-state index contributed by atoms with van der Waals surface area (Å²) < 4.78 is 26.9. The van der Waals surface area contributed by atoms with Crippen LogP contribution in [0.3, 0.4) is 0 Å². The van der Waals surface area contributed by atoms with Crippen LogP contribution in [0.15, 0.2) is 53.4 Å². The van der Waals surface area contributed by atoms with Crippen LogP contribution in [0.25, 0.3) is 0 Å². The smallest absolute Gasteiger partial charge is 0.251 e. The van der Waals surface area contributed by atoms with Crippen molar-refractivity contribution in [2.45, 2.75) is 37.6 Å². The normalized spacial score (nSPS) is 16.4. The highest BCUT2D eigenvalue weighted by Gasteiger charge is 2.27. The predicted molar refractivity (Wildman–Crippen MR) is 101 cm³/mol. The predicted octanol–water partition coefficient (Wildman–Crippen LogP) is 3.27. The van der Waals surface area contributed by atoms with Gasteiger partial charge in [0, 0.05) is 18.7 Å². The summed E-state index contributed by atoms with van der Waals surface area (Å²) >= 11 is 0. The first kappa shape index (κ1) is 18.6. The van der Waals surface area contributed by atoms with E-state index in [0.29, 0.717) is 18.7 Å². The number of carbonyl (C=O) groups is 1. The minimum Gasteiger partial charge on any atom is -0.346 e. The first-order valence-corrected chi connectivity index (χ1v) is 10.3. The fraction of sp³-hybridized carbons (Fsp3) is 0.350. The fourth-order valence-electron chi connectivity index (χ4n) is 3.31. The Bertz CT molecular complexity index is 903. The Labute approximate surface area is 155 Å². The summed E-state index contributed by atoms with van der Waals surface area (Å²) in [5, 5.41) is 2.95. The molecule has 138 valence electrons. The van der Waals surface area contributed by atoms with Gasteiger partial charge in [-0.15, -0.1) is 0 Å². The molecule has 1 aliphatic rings. The maximum atomic E-state index is 12.7. The fourth-order valence-corrected chi connectivity index (χ4v) is 4.87. The molecule has 2 aromatic carbocycles. The molecule has 0 radical (unpaired) electrons. The van der Waals surface area contributed by atoms with Gasteiger partial charge in [-0.1, -0.05) is 30.3 Å². The van der Waals surface area contributed by atoms with E-state index in [9.17, 15) is 13.2 Å². The van der Waals surface area contributed by atoms with Crippen molar-refractivity contribution >= 4 is 15.9 Å². The number of amides is 1. The van der Waals surface area contributed by atoms with Gasteiger partial charge in [-0.2, -0.15) is 4.31 Å². The number of carbonyl (C=O) groups excluding carboxylic acids is 1. The van der Waals surface area contributed by atoms with E-state index >= 15 is 0 Å². The van der Waals surface area contributed by atoms with Gasteiger partial charge < -0.3 is 5.32 Å². The molecular weight excluding hydrogens is 348 g/mol. The molecule has 1 atom stereocenters. The van der Waals surface area contributed by atoms with Crippen LogP contribution in [-0.4, -0.2) is 31.7 Å². The van der Waals surface area contributed by atoms with Crippen LogP contribution in [-0.2, 0) is 10.0 Å². The molecule has 1 fully saturated rings. The van der Waals surface area contributed by atoms with Gasteiger partial charge in [-0.05, 0) is 56.0 Å². The lowest BCUT2D eigenvalue weighted by molar-refractivity contribution is 0.0939. The minimum atomic E-state index is -3.53. The molecule has 1 aliphatic heterocycles. The number of rotatable bonds is 5. The number of nitrogens with one attached hydrogen (secondary N) is 1. The second-order valence-electron chi connectivity index (χ2n) is 6.69. The van der Waals surface area contributed by atoms with Gasteiger partial charge in [0.2, 0.25) is 10.0 Å². The monoisotopic (exact) mass is 372 g/mol. The SMILES string of the molecule is Cc1ccccc1C(C)NC(=O)c1cccc(S(=O)(=O)N2CCCC2)c1. The van der Waals surface area contributed by atoms with E-state index in [2.05, 4.69) is 5.32 Å². The third-order valence-electron chi connectivity index (χ3n) is 4.80. The highest BCUT2D eigenvalue weighted by molar-refractivity contribution is 7.89. The van der Waals surface area contributed by atoms with Crippen LogP contribution in [0.1, 0.15) is 47.3 Å². The molecular formula is C20H24N2O3S. The molecule has 3 rings (SSSR count). The van der Waals surface area contributed by atoms with Gasteiger partial charge in [0.25, 0.3) is 5.91 Å². The molecule has 1 unspecified atom stereocenters. The summed E-state index contributed by atoms with van der Waals surface area (Å²) in [6, 6.07) is 14.0. The Balaban J connectivity index is 1.79. The quantitative estimate of drug-likeness (QED) is 0.876. The van der Waals surface area contributed by atoms with Crippen molar-refractivity contribution in [3.05, 3.63) is 65.2 Å². The zero-order chi connectivity index (χ0) is 18.7. The van der Waals surface area contributed by atoms with Crippen molar-refractivity contribution in [3.63, 3.8) is 0 Å². The summed E-state index contributed by atoms with van der Waals surface area (Å²) in [7, 11) is -3.53. The lowest BCUT2D eigenvalue weighted by Crippen LogP contribution is -2.29. The average molecular weight is 372 g/mol. The lowest BCUT2D eigenvalue weighted by atomic mass is 10.0.